The summed E-state index contributed by atoms with van der Waals surface area (Å²) in [5.74, 6) is 0.968. The van der Waals surface area contributed by atoms with Gasteiger partial charge in [-0.05, 0) is 107 Å². The minimum absolute atomic E-state index is 0.0493. The lowest BCUT2D eigenvalue weighted by Crippen LogP contribution is -2.40. The van der Waals surface area contributed by atoms with Crippen LogP contribution in [0.15, 0.2) is 12.7 Å². The Kier molecular flexibility index (Phi) is 9.80. The van der Waals surface area contributed by atoms with Crippen molar-refractivity contribution in [1.82, 2.24) is 0 Å². The van der Waals surface area contributed by atoms with Crippen LogP contribution in [-0.2, 0) is 14.3 Å². The first-order valence-corrected chi connectivity index (χ1v) is 12.6. The monoisotopic (exact) mass is 440 g/mol. The summed E-state index contributed by atoms with van der Waals surface area (Å²) in [5.41, 5.74) is 0. The van der Waals surface area contributed by atoms with Crippen LogP contribution in [-0.4, -0.2) is 38.1 Å². The molecule has 0 N–H and O–H groups in total. The molecule has 0 bridgehead atoms. The van der Waals surface area contributed by atoms with E-state index < -0.39 is 12.3 Å². The van der Waals surface area contributed by atoms with Gasteiger partial charge in [0.15, 0.2) is 0 Å². The molecule has 5 heteroatoms. The van der Waals surface area contributed by atoms with Gasteiger partial charge in [0.25, 0.3) is 0 Å². The fraction of sp³-hybridized carbons (Fsp3) is 0.885. The molecule has 3 rings (SSSR count). The van der Waals surface area contributed by atoms with Crippen LogP contribution in [0.4, 0.5) is 8.78 Å². The second-order valence-corrected chi connectivity index (χ2v) is 10.3. The molecule has 3 aliphatic carbocycles. The van der Waals surface area contributed by atoms with Crippen LogP contribution in [0.2, 0.25) is 0 Å². The molecule has 0 aromatic carbocycles. The first kappa shape index (κ1) is 24.7. The average molecular weight is 441 g/mol. The number of halogens is 2. The van der Waals surface area contributed by atoms with Crippen molar-refractivity contribution in [1.29, 1.82) is 0 Å². The van der Waals surface area contributed by atoms with Gasteiger partial charge < -0.3 is 9.47 Å². The summed E-state index contributed by atoms with van der Waals surface area (Å²) in [7, 11) is 1.78. The SMILES string of the molecule is C=CC(=O)OCCCCC1CCC(C2CCC(C3CCC(OC)CC3)C(F)C2)C(F)C1. The molecule has 0 aliphatic heterocycles. The van der Waals surface area contributed by atoms with E-state index in [4.69, 9.17) is 9.47 Å². The summed E-state index contributed by atoms with van der Waals surface area (Å²) in [6.45, 7) is 3.79. The highest BCUT2D eigenvalue weighted by Crippen LogP contribution is 2.47. The smallest absolute Gasteiger partial charge is 0.330 e. The summed E-state index contributed by atoms with van der Waals surface area (Å²) in [4.78, 5) is 11.0. The van der Waals surface area contributed by atoms with E-state index in [1.165, 1.54) is 6.08 Å². The fourth-order valence-electron chi connectivity index (χ4n) is 6.62. The molecule has 3 nitrogen and oxygen atoms in total. The van der Waals surface area contributed by atoms with Gasteiger partial charge in [-0.2, -0.15) is 0 Å². The molecule has 3 fully saturated rings. The molecule has 6 atom stereocenters. The standard InChI is InChI=1S/C26H42F2O3/c1-3-26(29)31-15-5-4-6-18-7-13-23(24(27)16-18)20-10-14-22(25(28)17-20)19-8-11-21(30-2)12-9-19/h3,18-25H,1,4-17H2,2H3. The van der Waals surface area contributed by atoms with Gasteiger partial charge in [0.1, 0.15) is 12.3 Å². The van der Waals surface area contributed by atoms with Crippen molar-refractivity contribution in [3.8, 4) is 0 Å². The van der Waals surface area contributed by atoms with Crippen LogP contribution in [0, 0.1) is 29.6 Å². The third-order valence-corrected chi connectivity index (χ3v) is 8.48. The zero-order chi connectivity index (χ0) is 22.2. The van der Waals surface area contributed by atoms with Crippen molar-refractivity contribution in [2.24, 2.45) is 29.6 Å². The lowest BCUT2D eigenvalue weighted by molar-refractivity contribution is -0.137. The topological polar surface area (TPSA) is 35.5 Å². The Morgan fingerprint density at radius 3 is 2.19 bits per heavy atom. The van der Waals surface area contributed by atoms with Gasteiger partial charge in [-0.25, -0.2) is 13.6 Å². The van der Waals surface area contributed by atoms with E-state index in [1.807, 2.05) is 0 Å². The normalized spacial score (nSPS) is 39.1. The van der Waals surface area contributed by atoms with E-state index in [-0.39, 0.29) is 23.7 Å². The maximum Gasteiger partial charge on any atom is 0.330 e. The number of ether oxygens (including phenoxy) is 2. The molecule has 3 aliphatic rings. The van der Waals surface area contributed by atoms with Crippen LogP contribution in [0.3, 0.4) is 0 Å². The van der Waals surface area contributed by atoms with E-state index in [9.17, 15) is 4.79 Å². The molecule has 0 aromatic heterocycles. The summed E-state index contributed by atoms with van der Waals surface area (Å²) in [6.07, 6.45) is 12.1. The Morgan fingerprint density at radius 1 is 0.903 bits per heavy atom. The number of unbranched alkanes of at least 4 members (excludes halogenated alkanes) is 1. The lowest BCUT2D eigenvalue weighted by atomic mass is 9.64. The number of alkyl halides is 2. The Balaban J connectivity index is 1.36. The number of rotatable bonds is 9. The van der Waals surface area contributed by atoms with Gasteiger partial charge in [-0.1, -0.05) is 13.0 Å². The number of carbonyl (C=O) groups is 1. The second-order valence-electron chi connectivity index (χ2n) is 10.3. The van der Waals surface area contributed by atoms with E-state index in [0.29, 0.717) is 37.4 Å². The third-order valence-electron chi connectivity index (χ3n) is 8.48. The summed E-state index contributed by atoms with van der Waals surface area (Å²) < 4.78 is 40.7. The minimum Gasteiger partial charge on any atom is -0.463 e. The zero-order valence-electron chi connectivity index (χ0n) is 19.3. The fourth-order valence-corrected chi connectivity index (χ4v) is 6.62. The van der Waals surface area contributed by atoms with Crippen LogP contribution >= 0.6 is 0 Å². The molecular weight excluding hydrogens is 398 g/mol. The Morgan fingerprint density at radius 2 is 1.55 bits per heavy atom. The molecule has 6 unspecified atom stereocenters. The number of esters is 1. The van der Waals surface area contributed by atoms with Crippen LogP contribution in [0.25, 0.3) is 0 Å². The number of hydrogen-bond acceptors (Lipinski definition) is 3. The third kappa shape index (κ3) is 7.00. The van der Waals surface area contributed by atoms with Gasteiger partial charge >= 0.3 is 5.97 Å². The summed E-state index contributed by atoms with van der Waals surface area (Å²) >= 11 is 0. The second kappa shape index (κ2) is 12.3. The van der Waals surface area contributed by atoms with Crippen molar-refractivity contribution >= 4 is 5.97 Å². The summed E-state index contributed by atoms with van der Waals surface area (Å²) in [6, 6.07) is 0. The summed E-state index contributed by atoms with van der Waals surface area (Å²) in [5, 5.41) is 0. The Bertz CT molecular complexity index is 561. The first-order chi connectivity index (χ1) is 15.0. The number of methoxy groups -OCH3 is 1. The zero-order valence-corrected chi connectivity index (χ0v) is 19.3. The number of hydrogen-bond donors (Lipinski definition) is 0. The highest BCUT2D eigenvalue weighted by atomic mass is 19.1. The molecule has 0 saturated heterocycles. The van der Waals surface area contributed by atoms with Crippen LogP contribution < -0.4 is 0 Å². The first-order valence-electron chi connectivity index (χ1n) is 12.6. The molecule has 3 saturated carbocycles. The molecule has 0 spiro atoms. The highest BCUT2D eigenvalue weighted by molar-refractivity contribution is 5.81. The highest BCUT2D eigenvalue weighted by Gasteiger charge is 2.42. The molecular formula is C26H42F2O3. The predicted molar refractivity (Wildman–Crippen MR) is 119 cm³/mol. The molecule has 178 valence electrons. The van der Waals surface area contributed by atoms with Crippen molar-refractivity contribution < 1.29 is 23.0 Å². The predicted octanol–water partition coefficient (Wildman–Crippen LogP) is 6.60. The minimum atomic E-state index is -0.789. The van der Waals surface area contributed by atoms with E-state index in [0.717, 1.165) is 70.6 Å². The van der Waals surface area contributed by atoms with Gasteiger partial charge in [-0.15, -0.1) is 0 Å². The maximum absolute atomic E-state index is 15.1. The van der Waals surface area contributed by atoms with Crippen LogP contribution in [0.1, 0.15) is 83.5 Å². The molecule has 0 aromatic rings. The average Bonchev–Trinajstić information content (AvgIpc) is 2.79. The largest absolute Gasteiger partial charge is 0.463 e. The van der Waals surface area contributed by atoms with Crippen LogP contribution in [0.5, 0.6) is 0 Å². The molecule has 0 amide bonds. The Hall–Kier alpha value is -0.970. The maximum atomic E-state index is 15.1. The van der Waals surface area contributed by atoms with Crippen molar-refractivity contribution in [2.75, 3.05) is 13.7 Å². The quantitative estimate of drug-likeness (QED) is 0.230. The van der Waals surface area contributed by atoms with Gasteiger partial charge in [0.05, 0.1) is 12.7 Å². The van der Waals surface area contributed by atoms with E-state index in [2.05, 4.69) is 6.58 Å². The van der Waals surface area contributed by atoms with E-state index in [1.54, 1.807) is 7.11 Å². The van der Waals surface area contributed by atoms with Gasteiger partial charge in [-0.3, -0.25) is 0 Å². The Labute approximate surface area is 187 Å². The van der Waals surface area contributed by atoms with Crippen molar-refractivity contribution in [3.63, 3.8) is 0 Å². The van der Waals surface area contributed by atoms with Crippen molar-refractivity contribution in [2.45, 2.75) is 102 Å². The van der Waals surface area contributed by atoms with Crippen molar-refractivity contribution in [3.05, 3.63) is 12.7 Å². The van der Waals surface area contributed by atoms with E-state index >= 15 is 8.78 Å². The molecule has 0 radical (unpaired) electrons. The lowest BCUT2D eigenvalue weighted by Gasteiger charge is -2.43. The van der Waals surface area contributed by atoms with Gasteiger partial charge in [0, 0.05) is 13.2 Å². The molecule has 31 heavy (non-hydrogen) atoms. The number of carbonyl (C=O) groups excluding carboxylic acids is 1. The molecule has 0 heterocycles. The van der Waals surface area contributed by atoms with Gasteiger partial charge in [0.2, 0.25) is 0 Å².